The molecular formula is C19H24O6. The molecule has 1 heterocycles. The highest BCUT2D eigenvalue weighted by Crippen LogP contribution is 2.56. The molecule has 2 aliphatic carbocycles. The summed E-state index contributed by atoms with van der Waals surface area (Å²) in [6.07, 6.45) is 1.05. The van der Waals surface area contributed by atoms with Crippen molar-refractivity contribution in [2.75, 3.05) is 6.61 Å². The van der Waals surface area contributed by atoms with Gasteiger partial charge in [-0.25, -0.2) is 9.59 Å². The number of esters is 2. The van der Waals surface area contributed by atoms with Gasteiger partial charge in [-0.05, 0) is 13.3 Å². The average molecular weight is 348 g/mol. The van der Waals surface area contributed by atoms with Gasteiger partial charge in [-0.15, -0.1) is 0 Å². The largest absolute Gasteiger partial charge is 0.458 e. The molecule has 0 aromatic heterocycles. The molecule has 0 spiro atoms. The summed E-state index contributed by atoms with van der Waals surface area (Å²) in [5.41, 5.74) is 0.761. The van der Waals surface area contributed by atoms with E-state index in [1.807, 2.05) is 19.9 Å². The number of hydrogen-bond donors (Lipinski definition) is 2. The van der Waals surface area contributed by atoms with Crippen molar-refractivity contribution in [1.82, 2.24) is 0 Å². The molecule has 2 N–H and O–H groups in total. The number of aliphatic hydroxyl groups is 2. The maximum Gasteiger partial charge on any atom is 0.336 e. The molecule has 1 aliphatic heterocycles. The van der Waals surface area contributed by atoms with Gasteiger partial charge in [0.25, 0.3) is 0 Å². The van der Waals surface area contributed by atoms with E-state index in [0.717, 1.165) is 5.57 Å². The lowest BCUT2D eigenvalue weighted by Crippen LogP contribution is -2.57. The van der Waals surface area contributed by atoms with Crippen molar-refractivity contribution in [1.29, 1.82) is 0 Å². The first-order valence-corrected chi connectivity index (χ1v) is 8.44. The van der Waals surface area contributed by atoms with E-state index in [-0.39, 0.29) is 11.5 Å². The van der Waals surface area contributed by atoms with E-state index in [0.29, 0.717) is 18.4 Å². The Kier molecular flexibility index (Phi) is 4.37. The van der Waals surface area contributed by atoms with Crippen LogP contribution >= 0.6 is 0 Å². The third-order valence-corrected chi connectivity index (χ3v) is 5.97. The molecule has 3 aliphatic rings. The topological polar surface area (TPSA) is 93.1 Å². The van der Waals surface area contributed by atoms with Crippen molar-refractivity contribution in [3.8, 4) is 0 Å². The van der Waals surface area contributed by atoms with Crippen molar-refractivity contribution >= 4 is 11.9 Å². The van der Waals surface area contributed by atoms with Crippen LogP contribution in [-0.4, -0.2) is 47.1 Å². The van der Waals surface area contributed by atoms with Crippen LogP contribution in [0.3, 0.4) is 0 Å². The molecule has 0 radical (unpaired) electrons. The summed E-state index contributed by atoms with van der Waals surface area (Å²) in [7, 11) is 0. The van der Waals surface area contributed by atoms with Crippen molar-refractivity contribution in [3.63, 3.8) is 0 Å². The molecule has 6 heteroatoms. The number of carbonyl (C=O) groups excluding carboxylic acids is 2. The monoisotopic (exact) mass is 348 g/mol. The van der Waals surface area contributed by atoms with Crippen LogP contribution in [0.4, 0.5) is 0 Å². The molecule has 25 heavy (non-hydrogen) atoms. The Balaban J connectivity index is 1.95. The Morgan fingerprint density at radius 3 is 2.84 bits per heavy atom. The van der Waals surface area contributed by atoms with E-state index < -0.39 is 48.2 Å². The van der Waals surface area contributed by atoms with Crippen LogP contribution in [-0.2, 0) is 19.1 Å². The number of fused-ring (bicyclic) bond motifs is 3. The summed E-state index contributed by atoms with van der Waals surface area (Å²) >= 11 is 0. The fraction of sp³-hybridized carbons (Fsp3) is 0.579. The van der Waals surface area contributed by atoms with Crippen molar-refractivity contribution in [2.45, 2.75) is 45.0 Å². The Morgan fingerprint density at radius 2 is 2.20 bits per heavy atom. The molecule has 6 nitrogen and oxygen atoms in total. The Hall–Kier alpha value is -1.92. The van der Waals surface area contributed by atoms with Gasteiger partial charge in [-0.3, -0.25) is 0 Å². The van der Waals surface area contributed by atoms with Gasteiger partial charge in [0, 0.05) is 23.3 Å². The predicted octanol–water partition coefficient (Wildman–Crippen LogP) is 1.28. The Labute approximate surface area is 146 Å². The molecule has 0 aromatic carbocycles. The van der Waals surface area contributed by atoms with E-state index in [2.05, 4.69) is 13.2 Å². The summed E-state index contributed by atoms with van der Waals surface area (Å²) in [4.78, 5) is 24.1. The zero-order valence-corrected chi connectivity index (χ0v) is 14.5. The van der Waals surface area contributed by atoms with Crippen molar-refractivity contribution in [3.05, 3.63) is 36.0 Å². The van der Waals surface area contributed by atoms with E-state index in [1.165, 1.54) is 0 Å². The van der Waals surface area contributed by atoms with Gasteiger partial charge < -0.3 is 19.7 Å². The van der Waals surface area contributed by atoms with E-state index in [9.17, 15) is 14.7 Å². The van der Waals surface area contributed by atoms with Crippen LogP contribution < -0.4 is 0 Å². The lowest BCUT2D eigenvalue weighted by molar-refractivity contribution is -0.175. The first kappa shape index (κ1) is 17.9. The zero-order valence-electron chi connectivity index (χ0n) is 14.5. The minimum absolute atomic E-state index is 0.0127. The Morgan fingerprint density at radius 1 is 1.52 bits per heavy atom. The third-order valence-electron chi connectivity index (χ3n) is 5.97. The molecule has 1 saturated carbocycles. The fourth-order valence-electron chi connectivity index (χ4n) is 4.67. The third kappa shape index (κ3) is 2.64. The molecule has 0 unspecified atom stereocenters. The highest BCUT2D eigenvalue weighted by molar-refractivity contribution is 5.91. The average Bonchev–Trinajstić information content (AvgIpc) is 2.84. The fourth-order valence-corrected chi connectivity index (χ4v) is 4.67. The molecule has 3 rings (SSSR count). The smallest absolute Gasteiger partial charge is 0.336 e. The molecule has 6 atom stereocenters. The number of ether oxygens (including phenoxy) is 2. The van der Waals surface area contributed by atoms with E-state index in [1.54, 1.807) is 0 Å². The minimum Gasteiger partial charge on any atom is -0.458 e. The highest BCUT2D eigenvalue weighted by atomic mass is 16.6. The second-order valence-electron chi connectivity index (χ2n) is 7.52. The van der Waals surface area contributed by atoms with Crippen LogP contribution in [0.1, 0.15) is 26.7 Å². The van der Waals surface area contributed by atoms with Gasteiger partial charge in [0.15, 0.2) is 0 Å². The number of hydrogen-bond acceptors (Lipinski definition) is 6. The molecule has 0 aromatic rings. The molecule has 1 saturated heterocycles. The minimum atomic E-state index is -0.793. The van der Waals surface area contributed by atoms with Crippen molar-refractivity contribution in [2.24, 2.45) is 17.3 Å². The lowest BCUT2D eigenvalue weighted by Gasteiger charge is -2.53. The zero-order chi connectivity index (χ0) is 18.5. The van der Waals surface area contributed by atoms with Crippen LogP contribution in [0.25, 0.3) is 0 Å². The molecular weight excluding hydrogens is 324 g/mol. The van der Waals surface area contributed by atoms with Gasteiger partial charge in [0.1, 0.15) is 12.2 Å². The maximum absolute atomic E-state index is 12.1. The maximum atomic E-state index is 12.1. The number of rotatable bonds is 3. The second kappa shape index (κ2) is 6.11. The number of carbonyl (C=O) groups is 2. The van der Waals surface area contributed by atoms with Gasteiger partial charge in [-0.1, -0.05) is 31.7 Å². The lowest BCUT2D eigenvalue weighted by atomic mass is 9.54. The SMILES string of the molecule is C=C(CO)C(=O)O[C@H]1CC=C(C)[C@@H]2[C@H]3OC(=O)C(=C)[C@@H]3[C@@H](O)C[C@@]12C. The summed E-state index contributed by atoms with van der Waals surface area (Å²) < 4.78 is 11.1. The van der Waals surface area contributed by atoms with Crippen LogP contribution in [0.2, 0.25) is 0 Å². The van der Waals surface area contributed by atoms with Gasteiger partial charge >= 0.3 is 11.9 Å². The van der Waals surface area contributed by atoms with E-state index >= 15 is 0 Å². The summed E-state index contributed by atoms with van der Waals surface area (Å²) in [6.45, 7) is 10.7. The summed E-state index contributed by atoms with van der Waals surface area (Å²) in [5.74, 6) is -1.72. The normalized spacial score (nSPS) is 39.8. The summed E-state index contributed by atoms with van der Waals surface area (Å²) in [6, 6.07) is 0. The quantitative estimate of drug-likeness (QED) is 0.453. The molecule has 0 amide bonds. The van der Waals surface area contributed by atoms with Gasteiger partial charge in [0.05, 0.1) is 24.2 Å². The molecule has 0 bridgehead atoms. The molecule has 136 valence electrons. The Bertz CT molecular complexity index is 677. The van der Waals surface area contributed by atoms with Gasteiger partial charge in [-0.2, -0.15) is 0 Å². The molecule has 2 fully saturated rings. The van der Waals surface area contributed by atoms with Crippen LogP contribution in [0.5, 0.6) is 0 Å². The first-order chi connectivity index (χ1) is 11.7. The van der Waals surface area contributed by atoms with Crippen LogP contribution in [0.15, 0.2) is 36.0 Å². The first-order valence-electron chi connectivity index (χ1n) is 8.44. The van der Waals surface area contributed by atoms with Crippen molar-refractivity contribution < 1.29 is 29.3 Å². The standard InChI is InChI=1S/C19H24O6/c1-9-5-6-13(24-17(22)10(2)8-20)19(4)7-12(21)14-11(3)18(23)25-16(14)15(9)19/h5,12-16,20-21H,2-3,6-8H2,1,4H3/t12-,13-,14+,15+,16-,19-/m0/s1. The van der Waals surface area contributed by atoms with Crippen LogP contribution in [0, 0.1) is 17.3 Å². The predicted molar refractivity (Wildman–Crippen MR) is 89.2 cm³/mol. The number of aliphatic hydroxyl groups excluding tert-OH is 2. The van der Waals surface area contributed by atoms with Gasteiger partial charge in [0.2, 0.25) is 0 Å². The highest BCUT2D eigenvalue weighted by Gasteiger charge is 2.61. The second-order valence-corrected chi connectivity index (χ2v) is 7.52. The summed E-state index contributed by atoms with van der Waals surface area (Å²) in [5, 5.41) is 19.7. The van der Waals surface area contributed by atoms with E-state index in [4.69, 9.17) is 14.6 Å².